The van der Waals surface area contributed by atoms with E-state index >= 15 is 0 Å². The van der Waals surface area contributed by atoms with E-state index in [1.807, 2.05) is 0 Å². The number of nitrogens with one attached hydrogen (secondary N) is 1. The molecular weight excluding hydrogens is 402 g/mol. The first-order chi connectivity index (χ1) is 15.0. The Morgan fingerprint density at radius 2 is 1.81 bits per heavy atom. The molecule has 1 aliphatic heterocycles. The van der Waals surface area contributed by atoms with Crippen LogP contribution in [0.2, 0.25) is 0 Å². The van der Waals surface area contributed by atoms with Crippen molar-refractivity contribution in [3.8, 4) is 0 Å². The Morgan fingerprint density at radius 1 is 1.10 bits per heavy atom. The van der Waals surface area contributed by atoms with Gasteiger partial charge in [-0.2, -0.15) is 4.98 Å². The molecule has 0 saturated carbocycles. The summed E-state index contributed by atoms with van der Waals surface area (Å²) in [5.74, 6) is -0.832. The summed E-state index contributed by atoms with van der Waals surface area (Å²) in [5.41, 5.74) is 0.0000222. The zero-order chi connectivity index (χ0) is 21.8. The molecule has 1 saturated heterocycles. The maximum absolute atomic E-state index is 12.4. The van der Waals surface area contributed by atoms with Crippen LogP contribution in [0.1, 0.15) is 39.8 Å². The van der Waals surface area contributed by atoms with Gasteiger partial charge in [0.15, 0.2) is 5.78 Å². The maximum atomic E-state index is 12.4. The van der Waals surface area contributed by atoms with E-state index in [4.69, 9.17) is 4.74 Å². The maximum Gasteiger partial charge on any atom is 0.351 e. The first-order valence-electron chi connectivity index (χ1n) is 9.61. The van der Waals surface area contributed by atoms with Crippen molar-refractivity contribution in [2.45, 2.75) is 31.3 Å². The van der Waals surface area contributed by atoms with Gasteiger partial charge in [0, 0.05) is 36.5 Å². The lowest BCUT2D eigenvalue weighted by Gasteiger charge is -2.19. The molecule has 10 nitrogen and oxygen atoms in total. The molecule has 2 N–H and O–H groups in total. The quantitative estimate of drug-likeness (QED) is 0.567. The van der Waals surface area contributed by atoms with E-state index in [2.05, 4.69) is 20.3 Å². The highest BCUT2D eigenvalue weighted by molar-refractivity contribution is 6.03. The van der Waals surface area contributed by atoms with Gasteiger partial charge >= 0.3 is 5.69 Å². The van der Waals surface area contributed by atoms with Gasteiger partial charge in [0.1, 0.15) is 18.1 Å². The van der Waals surface area contributed by atoms with Gasteiger partial charge in [-0.05, 0) is 43.2 Å². The minimum atomic E-state index is -1.36. The van der Waals surface area contributed by atoms with Gasteiger partial charge in [-0.25, -0.2) is 4.79 Å². The van der Waals surface area contributed by atoms with Crippen LogP contribution in [0.3, 0.4) is 0 Å². The van der Waals surface area contributed by atoms with Gasteiger partial charge in [-0.1, -0.05) is 0 Å². The van der Waals surface area contributed by atoms with Gasteiger partial charge in [-0.3, -0.25) is 24.1 Å². The van der Waals surface area contributed by atoms with Gasteiger partial charge in [0.2, 0.25) is 0 Å². The largest absolute Gasteiger partial charge is 0.382 e. The second-order valence-electron chi connectivity index (χ2n) is 6.96. The lowest BCUT2D eigenvalue weighted by molar-refractivity contribution is -0.0501. The van der Waals surface area contributed by atoms with Gasteiger partial charge < -0.3 is 15.2 Å². The molecule has 3 aromatic heterocycles. The number of pyridine rings is 2. The number of ether oxygens (including phenoxy) is 1. The Bertz CT molecular complexity index is 1140. The van der Waals surface area contributed by atoms with Crippen LogP contribution in [0, 0.1) is 0 Å². The molecular formula is C21H19N5O5. The normalized spacial score (nSPS) is 19.0. The number of carbonyl (C=O) groups excluding carboxylic acids is 2. The number of ketones is 1. The lowest BCUT2D eigenvalue weighted by atomic mass is 10.0. The highest BCUT2D eigenvalue weighted by atomic mass is 16.5. The second kappa shape index (κ2) is 8.94. The van der Waals surface area contributed by atoms with E-state index in [1.165, 1.54) is 35.4 Å². The zero-order valence-corrected chi connectivity index (χ0v) is 16.3. The number of hydrogen-bond donors (Lipinski definition) is 2. The molecule has 1 unspecified atom stereocenters. The van der Waals surface area contributed by atoms with Crippen molar-refractivity contribution in [1.29, 1.82) is 0 Å². The fraction of sp³-hybridized carbons (Fsp3) is 0.238. The molecule has 1 fully saturated rings. The molecule has 0 aliphatic carbocycles. The number of aliphatic hydroxyl groups excluding tert-OH is 1. The van der Waals surface area contributed by atoms with Gasteiger partial charge in [0.05, 0.1) is 11.7 Å². The number of nitrogens with zero attached hydrogens (tertiary/aromatic N) is 4. The molecule has 0 bridgehead atoms. The fourth-order valence-electron chi connectivity index (χ4n) is 3.32. The molecule has 4 rings (SSSR count). The van der Waals surface area contributed by atoms with Crippen molar-refractivity contribution in [3.63, 3.8) is 0 Å². The number of rotatable bonds is 6. The SMILES string of the molecule is O=C(Nc1ccn([C@H]2CC[C@@H](C(O)C(=O)c3cccnc3)O2)c(=O)n1)c1cccnc1. The molecule has 10 heteroatoms. The van der Waals surface area contributed by atoms with E-state index in [0.29, 0.717) is 18.4 Å². The van der Waals surface area contributed by atoms with E-state index in [-0.39, 0.29) is 11.4 Å². The highest BCUT2D eigenvalue weighted by Gasteiger charge is 2.36. The van der Waals surface area contributed by atoms with Crippen molar-refractivity contribution in [2.75, 3.05) is 5.32 Å². The standard InChI is InChI=1S/C21H19N5O5/c27-18(13-3-1-8-22-11-13)19(28)15-5-6-17(31-15)26-10-7-16(25-21(26)30)24-20(29)14-4-2-9-23-12-14/h1-4,7-12,15,17,19,28H,5-6H2,(H,24,25,29,30)/t15-,17+,19?/m0/s1. The van der Waals surface area contributed by atoms with E-state index in [9.17, 15) is 19.5 Å². The summed E-state index contributed by atoms with van der Waals surface area (Å²) in [4.78, 5) is 48.7. The molecule has 3 aromatic rings. The highest BCUT2D eigenvalue weighted by Crippen LogP contribution is 2.30. The van der Waals surface area contributed by atoms with Crippen LogP contribution in [0.4, 0.5) is 5.82 Å². The molecule has 158 valence electrons. The van der Waals surface area contributed by atoms with Crippen molar-refractivity contribution >= 4 is 17.5 Å². The summed E-state index contributed by atoms with van der Waals surface area (Å²) in [6.07, 6.45) is 5.34. The molecule has 3 atom stereocenters. The monoisotopic (exact) mass is 421 g/mol. The third-order valence-electron chi connectivity index (χ3n) is 4.90. The molecule has 31 heavy (non-hydrogen) atoms. The van der Waals surface area contributed by atoms with Crippen LogP contribution in [-0.4, -0.2) is 48.5 Å². The average molecular weight is 421 g/mol. The number of anilines is 1. The van der Waals surface area contributed by atoms with Crippen LogP contribution in [-0.2, 0) is 4.74 Å². The lowest BCUT2D eigenvalue weighted by Crippen LogP contribution is -2.35. The number of hydrogen-bond acceptors (Lipinski definition) is 8. The molecule has 4 heterocycles. The Kier molecular flexibility index (Phi) is 5.92. The summed E-state index contributed by atoms with van der Waals surface area (Å²) < 4.78 is 7.02. The summed E-state index contributed by atoms with van der Waals surface area (Å²) in [5, 5.41) is 12.9. The van der Waals surface area contributed by atoms with Gasteiger partial charge in [0.25, 0.3) is 5.91 Å². The Labute approximate surface area is 176 Å². The third kappa shape index (κ3) is 4.55. The van der Waals surface area contributed by atoms with Crippen LogP contribution in [0.5, 0.6) is 0 Å². The van der Waals surface area contributed by atoms with E-state index in [1.54, 1.807) is 30.5 Å². The Balaban J connectivity index is 1.42. The number of amides is 1. The van der Waals surface area contributed by atoms with E-state index < -0.39 is 35.8 Å². The van der Waals surface area contributed by atoms with Gasteiger partial charge in [-0.15, -0.1) is 0 Å². The number of Topliss-reactive ketones (excluding diaryl/α,β-unsaturated/α-hetero) is 1. The summed E-state index contributed by atoms with van der Waals surface area (Å²) in [7, 11) is 0. The smallest absolute Gasteiger partial charge is 0.351 e. The third-order valence-corrected chi connectivity index (χ3v) is 4.90. The van der Waals surface area contributed by atoms with Crippen molar-refractivity contribution < 1.29 is 19.4 Å². The second-order valence-corrected chi connectivity index (χ2v) is 6.96. The summed E-state index contributed by atoms with van der Waals surface area (Å²) in [6, 6.07) is 7.87. The zero-order valence-electron chi connectivity index (χ0n) is 16.3. The van der Waals surface area contributed by atoms with Crippen LogP contribution in [0.25, 0.3) is 0 Å². The molecule has 0 aromatic carbocycles. The topological polar surface area (TPSA) is 136 Å². The first kappa shape index (κ1) is 20.5. The summed E-state index contributed by atoms with van der Waals surface area (Å²) in [6.45, 7) is 0. The predicted octanol–water partition coefficient (Wildman–Crippen LogP) is 1.21. The number of carbonyl (C=O) groups is 2. The molecule has 1 aliphatic rings. The first-order valence-corrected chi connectivity index (χ1v) is 9.61. The van der Waals surface area contributed by atoms with E-state index in [0.717, 1.165) is 0 Å². The molecule has 1 amide bonds. The van der Waals surface area contributed by atoms with Crippen molar-refractivity contribution in [1.82, 2.24) is 19.5 Å². The number of aromatic nitrogens is 4. The van der Waals surface area contributed by atoms with Crippen molar-refractivity contribution in [2.24, 2.45) is 0 Å². The summed E-state index contributed by atoms with van der Waals surface area (Å²) >= 11 is 0. The number of aliphatic hydroxyl groups is 1. The van der Waals surface area contributed by atoms with Crippen LogP contribution >= 0.6 is 0 Å². The average Bonchev–Trinajstić information content (AvgIpc) is 3.29. The van der Waals surface area contributed by atoms with Crippen LogP contribution < -0.4 is 11.0 Å². The van der Waals surface area contributed by atoms with Crippen LogP contribution in [0.15, 0.2) is 66.1 Å². The van der Waals surface area contributed by atoms with Crippen molar-refractivity contribution in [3.05, 3.63) is 82.9 Å². The minimum absolute atomic E-state index is 0.0939. The minimum Gasteiger partial charge on any atom is -0.382 e. The Hall–Kier alpha value is -3.76. The Morgan fingerprint density at radius 3 is 2.45 bits per heavy atom. The fourth-order valence-corrected chi connectivity index (χ4v) is 3.32. The molecule has 0 radical (unpaired) electrons. The molecule has 0 spiro atoms. The predicted molar refractivity (Wildman–Crippen MR) is 108 cm³/mol.